The molecule has 0 unspecified atom stereocenters. The number of carbonyl (C=O) groups is 1. The van der Waals surface area contributed by atoms with E-state index in [2.05, 4.69) is 20.9 Å². The highest BCUT2D eigenvalue weighted by Gasteiger charge is 2.15. The molecule has 150 valence electrons. The molecule has 0 aliphatic rings. The van der Waals surface area contributed by atoms with Gasteiger partial charge in [-0.3, -0.25) is 4.79 Å². The van der Waals surface area contributed by atoms with Gasteiger partial charge in [0.05, 0.1) is 5.69 Å². The Hall–Kier alpha value is -2.74. The van der Waals surface area contributed by atoms with Gasteiger partial charge < -0.3 is 16.0 Å². The van der Waals surface area contributed by atoms with Crippen LogP contribution in [0.4, 0.5) is 18.9 Å². The van der Waals surface area contributed by atoms with Crippen molar-refractivity contribution in [2.75, 3.05) is 25.0 Å². The fourth-order valence-electron chi connectivity index (χ4n) is 2.32. The van der Waals surface area contributed by atoms with E-state index in [9.17, 15) is 18.0 Å². The summed E-state index contributed by atoms with van der Waals surface area (Å²) in [5, 5.41) is 8.86. The second-order valence-corrected chi connectivity index (χ2v) is 6.21. The highest BCUT2D eigenvalue weighted by Crippen LogP contribution is 2.19. The lowest BCUT2D eigenvalue weighted by Gasteiger charge is -2.11. The average Bonchev–Trinajstić information content (AvgIpc) is 2.66. The summed E-state index contributed by atoms with van der Waals surface area (Å²) in [6.07, 6.45) is 0.692. The van der Waals surface area contributed by atoms with Crippen molar-refractivity contribution in [1.29, 1.82) is 0 Å². The Labute approximate surface area is 166 Å². The number of benzene rings is 2. The predicted molar refractivity (Wildman–Crippen MR) is 104 cm³/mol. The third-order valence-electron chi connectivity index (χ3n) is 3.63. The topological polar surface area (TPSA) is 65.5 Å². The molecule has 28 heavy (non-hydrogen) atoms. The maximum Gasteiger partial charge on any atom is 0.246 e. The third-order valence-corrected chi connectivity index (χ3v) is 3.86. The molecule has 1 amide bonds. The number of hydrogen-bond donors (Lipinski definition) is 3. The maximum absolute atomic E-state index is 13.6. The van der Waals surface area contributed by atoms with E-state index >= 15 is 0 Å². The minimum atomic E-state index is -1.64. The normalized spacial score (nSPS) is 11.2. The molecule has 0 bridgehead atoms. The van der Waals surface area contributed by atoms with Gasteiger partial charge in [0.2, 0.25) is 5.91 Å². The van der Waals surface area contributed by atoms with Crippen molar-refractivity contribution in [3.63, 3.8) is 0 Å². The van der Waals surface area contributed by atoms with E-state index in [0.717, 1.165) is 17.7 Å². The lowest BCUT2D eigenvalue weighted by molar-refractivity contribution is -0.114. The van der Waals surface area contributed by atoms with Crippen molar-refractivity contribution >= 4 is 29.2 Å². The predicted octanol–water partition coefficient (Wildman–Crippen LogP) is 3.49. The first-order valence-corrected chi connectivity index (χ1v) is 8.98. The van der Waals surface area contributed by atoms with Gasteiger partial charge in [0.25, 0.3) is 0 Å². The number of rotatable bonds is 7. The Kier molecular flexibility index (Phi) is 8.13. The molecule has 2 rings (SSSR count). The monoisotopic (exact) mass is 412 g/mol. The number of aliphatic imine (C=N–C) groups is 1. The van der Waals surface area contributed by atoms with E-state index in [4.69, 9.17) is 11.6 Å². The van der Waals surface area contributed by atoms with Crippen LogP contribution in [0.1, 0.15) is 12.5 Å². The number of nitrogens with one attached hydrogen (secondary N) is 3. The third kappa shape index (κ3) is 6.45. The van der Waals surface area contributed by atoms with E-state index in [1.165, 1.54) is 0 Å². The molecule has 0 heterocycles. The summed E-state index contributed by atoms with van der Waals surface area (Å²) in [5.41, 5.74) is 0.598. The fraction of sp³-hybridized carbons (Fsp3) is 0.263. The zero-order valence-electron chi connectivity index (χ0n) is 15.2. The number of anilines is 1. The van der Waals surface area contributed by atoms with Gasteiger partial charge in [-0.1, -0.05) is 23.7 Å². The number of carbonyl (C=O) groups excluding carboxylic acids is 1. The lowest BCUT2D eigenvalue weighted by Crippen LogP contribution is -2.39. The van der Waals surface area contributed by atoms with Crippen LogP contribution < -0.4 is 16.0 Å². The fourth-order valence-corrected chi connectivity index (χ4v) is 2.54. The van der Waals surface area contributed by atoms with Gasteiger partial charge in [-0.25, -0.2) is 18.2 Å². The van der Waals surface area contributed by atoms with Crippen LogP contribution in [0.2, 0.25) is 5.02 Å². The number of halogens is 4. The van der Waals surface area contributed by atoms with Crippen LogP contribution in [-0.2, 0) is 11.2 Å². The van der Waals surface area contributed by atoms with Crippen molar-refractivity contribution < 1.29 is 18.0 Å². The average molecular weight is 413 g/mol. The Bertz CT molecular complexity index is 861. The Balaban J connectivity index is 1.90. The molecule has 0 saturated heterocycles. The first-order chi connectivity index (χ1) is 13.4. The van der Waals surface area contributed by atoms with Gasteiger partial charge in [-0.15, -0.1) is 0 Å². The van der Waals surface area contributed by atoms with Gasteiger partial charge in [0, 0.05) is 18.1 Å². The van der Waals surface area contributed by atoms with E-state index < -0.39 is 29.0 Å². The number of hydrogen-bond acceptors (Lipinski definition) is 2. The molecule has 0 fully saturated rings. The quantitative estimate of drug-likeness (QED) is 0.370. The van der Waals surface area contributed by atoms with Crippen molar-refractivity contribution in [1.82, 2.24) is 10.6 Å². The van der Waals surface area contributed by atoms with Crippen molar-refractivity contribution in [3.8, 4) is 0 Å². The van der Waals surface area contributed by atoms with Gasteiger partial charge in [0.1, 0.15) is 6.54 Å². The highest BCUT2D eigenvalue weighted by molar-refractivity contribution is 6.30. The molecule has 0 aliphatic heterocycles. The number of nitrogens with zero attached hydrogens (tertiary/aromatic N) is 1. The van der Waals surface area contributed by atoms with E-state index in [1.807, 2.05) is 25.1 Å². The minimum Gasteiger partial charge on any atom is -0.357 e. The van der Waals surface area contributed by atoms with E-state index in [-0.39, 0.29) is 6.54 Å². The summed E-state index contributed by atoms with van der Waals surface area (Å²) < 4.78 is 39.7. The Morgan fingerprint density at radius 3 is 2.61 bits per heavy atom. The van der Waals surface area contributed by atoms with Crippen LogP contribution in [-0.4, -0.2) is 31.5 Å². The van der Waals surface area contributed by atoms with Gasteiger partial charge in [-0.05, 0) is 43.2 Å². The molecule has 5 nitrogen and oxygen atoms in total. The molecule has 3 N–H and O–H groups in total. The Morgan fingerprint density at radius 1 is 1.11 bits per heavy atom. The van der Waals surface area contributed by atoms with Gasteiger partial charge in [0.15, 0.2) is 23.4 Å². The van der Waals surface area contributed by atoms with Crippen molar-refractivity contribution in [3.05, 3.63) is 64.4 Å². The number of guanidine groups is 1. The number of amides is 1. The summed E-state index contributed by atoms with van der Waals surface area (Å²) in [7, 11) is 0. The molecule has 0 aromatic heterocycles. The summed E-state index contributed by atoms with van der Waals surface area (Å²) >= 11 is 5.94. The zero-order valence-corrected chi connectivity index (χ0v) is 15.9. The molecular formula is C19H20ClF3N4O. The van der Waals surface area contributed by atoms with E-state index in [1.54, 1.807) is 6.07 Å². The molecule has 2 aromatic carbocycles. The van der Waals surface area contributed by atoms with Crippen LogP contribution in [0, 0.1) is 17.5 Å². The van der Waals surface area contributed by atoms with Crippen molar-refractivity contribution in [2.45, 2.75) is 13.3 Å². The molecular weight excluding hydrogens is 393 g/mol. The van der Waals surface area contributed by atoms with Gasteiger partial charge in [-0.2, -0.15) is 0 Å². The smallest absolute Gasteiger partial charge is 0.246 e. The van der Waals surface area contributed by atoms with Gasteiger partial charge >= 0.3 is 0 Å². The van der Waals surface area contributed by atoms with Crippen LogP contribution in [0.25, 0.3) is 0 Å². The molecule has 0 atom stereocenters. The molecule has 0 saturated carbocycles. The molecule has 0 spiro atoms. The van der Waals surface area contributed by atoms with Crippen LogP contribution in [0.5, 0.6) is 0 Å². The summed E-state index contributed by atoms with van der Waals surface area (Å²) in [6.45, 7) is 2.66. The first-order valence-electron chi connectivity index (χ1n) is 8.60. The summed E-state index contributed by atoms with van der Waals surface area (Å²) in [5.74, 6) is -4.70. The standard InChI is InChI=1S/C19H20ClF3N4O/c1-2-24-19(25-9-8-12-4-3-5-13(20)10-12)26-11-16(28)27-15-7-6-14(21)17(22)18(15)23/h3-7,10H,2,8-9,11H2,1H3,(H,27,28)(H2,24,25,26). The first kappa shape index (κ1) is 21.6. The summed E-state index contributed by atoms with van der Waals surface area (Å²) in [6, 6.07) is 9.14. The van der Waals surface area contributed by atoms with E-state index in [0.29, 0.717) is 30.5 Å². The molecule has 2 aromatic rings. The maximum atomic E-state index is 13.6. The second-order valence-electron chi connectivity index (χ2n) is 5.77. The molecule has 9 heteroatoms. The highest BCUT2D eigenvalue weighted by atomic mass is 35.5. The van der Waals surface area contributed by atoms with Crippen molar-refractivity contribution in [2.24, 2.45) is 4.99 Å². The minimum absolute atomic E-state index is 0.328. The zero-order chi connectivity index (χ0) is 20.5. The second kappa shape index (κ2) is 10.6. The molecule has 0 aliphatic carbocycles. The summed E-state index contributed by atoms with van der Waals surface area (Å²) in [4.78, 5) is 16.0. The Morgan fingerprint density at radius 2 is 1.89 bits per heavy atom. The van der Waals surface area contributed by atoms with Crippen LogP contribution >= 0.6 is 11.6 Å². The molecule has 0 radical (unpaired) electrons. The lowest BCUT2D eigenvalue weighted by atomic mass is 10.1. The van der Waals surface area contributed by atoms with Crippen LogP contribution in [0.15, 0.2) is 41.4 Å². The SMILES string of the molecule is CCNC(=NCC(=O)Nc1ccc(F)c(F)c1F)NCCc1cccc(Cl)c1. The van der Waals surface area contributed by atoms with Crippen LogP contribution in [0.3, 0.4) is 0 Å². The largest absolute Gasteiger partial charge is 0.357 e.